The average molecular weight is 475 g/mol. The molecule has 32 heavy (non-hydrogen) atoms. The topological polar surface area (TPSA) is 95.9 Å². The standard InChI is InChI=1S/C23H31ClN2O5.Na.H/c24-16-11-12-20(19(13-16)23(29)30)25-21(27)14-31-15-22(28)26(17-7-3-1-4-8-17)18-9-5-2-6-10-18;;/h11-13,17-18H,1-10,14-15H2,(H,25,27)(H,29,30);;/q;+1;-1. The summed E-state index contributed by atoms with van der Waals surface area (Å²) in [5.74, 6) is -1.76. The molecule has 2 amide bonds. The Bertz CT molecular complexity index is 783. The number of nitrogens with zero attached hydrogens (tertiary/aromatic N) is 1. The van der Waals surface area contributed by atoms with Gasteiger partial charge in [-0.05, 0) is 43.9 Å². The summed E-state index contributed by atoms with van der Waals surface area (Å²) in [4.78, 5) is 38.7. The third kappa shape index (κ3) is 7.73. The van der Waals surface area contributed by atoms with Gasteiger partial charge in [-0.25, -0.2) is 4.79 Å². The van der Waals surface area contributed by atoms with Crippen LogP contribution in [-0.2, 0) is 14.3 Å². The van der Waals surface area contributed by atoms with Crippen molar-refractivity contribution in [3.8, 4) is 0 Å². The number of ether oxygens (including phenoxy) is 1. The normalized spacial score (nSPS) is 17.3. The van der Waals surface area contributed by atoms with Gasteiger partial charge in [-0.2, -0.15) is 0 Å². The first-order valence-corrected chi connectivity index (χ1v) is 11.5. The number of aromatic carboxylic acids is 1. The van der Waals surface area contributed by atoms with E-state index in [4.69, 9.17) is 16.3 Å². The molecule has 0 spiro atoms. The van der Waals surface area contributed by atoms with Gasteiger partial charge in [-0.15, -0.1) is 0 Å². The van der Waals surface area contributed by atoms with E-state index in [1.807, 2.05) is 0 Å². The summed E-state index contributed by atoms with van der Waals surface area (Å²) in [6, 6.07) is 4.75. The van der Waals surface area contributed by atoms with Gasteiger partial charge in [0.15, 0.2) is 0 Å². The summed E-state index contributed by atoms with van der Waals surface area (Å²) in [6.07, 6.45) is 11.2. The SMILES string of the molecule is O=C(COCC(=O)N(C1CCCCC1)C1CCCCC1)Nc1ccc(Cl)cc1C(=O)O.[H-].[Na+]. The van der Waals surface area contributed by atoms with E-state index in [-0.39, 0.29) is 78.5 Å². The number of carboxylic acids is 1. The molecule has 2 aliphatic rings. The van der Waals surface area contributed by atoms with Gasteiger partial charge in [0.2, 0.25) is 11.8 Å². The number of hydrogen-bond acceptors (Lipinski definition) is 4. The number of benzene rings is 1. The minimum absolute atomic E-state index is 0. The summed E-state index contributed by atoms with van der Waals surface area (Å²) in [5, 5.41) is 12.1. The van der Waals surface area contributed by atoms with E-state index in [9.17, 15) is 19.5 Å². The molecular weight excluding hydrogens is 443 g/mol. The van der Waals surface area contributed by atoms with E-state index in [1.54, 1.807) is 0 Å². The minimum Gasteiger partial charge on any atom is -1.00 e. The number of anilines is 1. The van der Waals surface area contributed by atoms with Crippen LogP contribution in [0.4, 0.5) is 5.69 Å². The van der Waals surface area contributed by atoms with Crippen molar-refractivity contribution in [2.45, 2.75) is 76.3 Å². The molecule has 2 aliphatic carbocycles. The molecule has 0 radical (unpaired) electrons. The molecular formula is C23H32ClN2NaO5. The Morgan fingerprint density at radius 3 is 2.09 bits per heavy atom. The Morgan fingerprint density at radius 2 is 1.56 bits per heavy atom. The molecule has 1 aromatic carbocycles. The van der Waals surface area contributed by atoms with Crippen LogP contribution in [0.1, 0.15) is 76.0 Å². The molecule has 0 bridgehead atoms. The van der Waals surface area contributed by atoms with E-state index >= 15 is 0 Å². The van der Waals surface area contributed by atoms with Crippen LogP contribution in [0.2, 0.25) is 5.02 Å². The summed E-state index contributed by atoms with van der Waals surface area (Å²) < 4.78 is 5.44. The van der Waals surface area contributed by atoms with Crippen molar-refractivity contribution in [3.63, 3.8) is 0 Å². The van der Waals surface area contributed by atoms with E-state index in [0.717, 1.165) is 51.4 Å². The van der Waals surface area contributed by atoms with Gasteiger partial charge in [0.25, 0.3) is 0 Å². The Morgan fingerprint density at radius 1 is 1.00 bits per heavy atom. The van der Waals surface area contributed by atoms with Crippen molar-refractivity contribution < 1.29 is 55.2 Å². The van der Waals surface area contributed by atoms with Crippen LogP contribution in [0.3, 0.4) is 0 Å². The fourth-order valence-corrected chi connectivity index (χ4v) is 4.89. The van der Waals surface area contributed by atoms with Gasteiger partial charge >= 0.3 is 35.5 Å². The number of hydrogen-bond donors (Lipinski definition) is 2. The van der Waals surface area contributed by atoms with Gasteiger partial charge in [0.05, 0.1) is 11.3 Å². The molecule has 2 saturated carbocycles. The zero-order chi connectivity index (χ0) is 22.2. The second-order valence-electron chi connectivity index (χ2n) is 8.42. The molecule has 172 valence electrons. The third-order valence-corrected chi connectivity index (χ3v) is 6.40. The third-order valence-electron chi connectivity index (χ3n) is 6.17. The Hall–Kier alpha value is -1.12. The molecule has 3 rings (SSSR count). The van der Waals surface area contributed by atoms with Crippen molar-refractivity contribution >= 4 is 35.1 Å². The Kier molecular flexibility index (Phi) is 11.5. The zero-order valence-electron chi connectivity index (χ0n) is 19.8. The number of amides is 2. The first kappa shape index (κ1) is 27.1. The maximum atomic E-state index is 13.0. The Labute approximate surface area is 218 Å². The van der Waals surface area contributed by atoms with E-state index in [1.165, 1.54) is 31.0 Å². The van der Waals surface area contributed by atoms with Crippen molar-refractivity contribution in [1.29, 1.82) is 0 Å². The molecule has 0 heterocycles. The summed E-state index contributed by atoms with van der Waals surface area (Å²) in [7, 11) is 0. The number of rotatable bonds is 8. The Balaban J connectivity index is 0.00000272. The van der Waals surface area contributed by atoms with Crippen molar-refractivity contribution in [3.05, 3.63) is 28.8 Å². The van der Waals surface area contributed by atoms with Gasteiger partial charge in [-0.1, -0.05) is 50.1 Å². The van der Waals surface area contributed by atoms with Gasteiger partial charge in [0, 0.05) is 17.1 Å². The fraction of sp³-hybridized carbons (Fsp3) is 0.609. The largest absolute Gasteiger partial charge is 1.00 e. The van der Waals surface area contributed by atoms with Crippen LogP contribution in [0.5, 0.6) is 0 Å². The zero-order valence-corrected chi connectivity index (χ0v) is 21.5. The van der Waals surface area contributed by atoms with E-state index < -0.39 is 11.9 Å². The number of carbonyl (C=O) groups excluding carboxylic acids is 2. The van der Waals surface area contributed by atoms with E-state index in [2.05, 4.69) is 10.2 Å². The van der Waals surface area contributed by atoms with Crippen molar-refractivity contribution in [2.24, 2.45) is 0 Å². The van der Waals surface area contributed by atoms with Crippen molar-refractivity contribution in [1.82, 2.24) is 4.90 Å². The van der Waals surface area contributed by atoms with Crippen LogP contribution < -0.4 is 34.9 Å². The van der Waals surface area contributed by atoms with E-state index in [0.29, 0.717) is 0 Å². The van der Waals surface area contributed by atoms with Crippen LogP contribution in [-0.4, -0.2) is 53.1 Å². The molecule has 9 heteroatoms. The predicted molar refractivity (Wildman–Crippen MR) is 120 cm³/mol. The molecule has 2 fully saturated rings. The predicted octanol–water partition coefficient (Wildman–Crippen LogP) is 1.60. The molecule has 1 aromatic rings. The number of halogens is 1. The molecule has 7 nitrogen and oxygen atoms in total. The average Bonchev–Trinajstić information content (AvgIpc) is 2.76. The maximum absolute atomic E-state index is 13.0. The maximum Gasteiger partial charge on any atom is 1.00 e. The second kappa shape index (κ2) is 13.6. The van der Waals surface area contributed by atoms with Crippen LogP contribution in [0.25, 0.3) is 0 Å². The molecule has 2 N–H and O–H groups in total. The van der Waals surface area contributed by atoms with Crippen LogP contribution >= 0.6 is 11.6 Å². The van der Waals surface area contributed by atoms with Gasteiger partial charge in [0.1, 0.15) is 13.2 Å². The first-order chi connectivity index (χ1) is 15.0. The summed E-state index contributed by atoms with van der Waals surface area (Å²) in [6.45, 7) is -0.469. The molecule has 0 unspecified atom stereocenters. The number of nitrogens with one attached hydrogen (secondary N) is 1. The number of carbonyl (C=O) groups is 3. The monoisotopic (exact) mass is 474 g/mol. The fourth-order valence-electron chi connectivity index (χ4n) is 4.72. The smallest absolute Gasteiger partial charge is 1.00 e. The molecule has 0 atom stereocenters. The van der Waals surface area contributed by atoms with Crippen LogP contribution in [0.15, 0.2) is 18.2 Å². The summed E-state index contributed by atoms with van der Waals surface area (Å²) >= 11 is 5.83. The second-order valence-corrected chi connectivity index (χ2v) is 8.86. The summed E-state index contributed by atoms with van der Waals surface area (Å²) in [5.41, 5.74) is 0.0422. The molecule has 0 aliphatic heterocycles. The first-order valence-electron chi connectivity index (χ1n) is 11.2. The number of carboxylic acid groups (broad SMARTS) is 1. The molecule has 0 saturated heterocycles. The molecule has 0 aromatic heterocycles. The van der Waals surface area contributed by atoms with Crippen molar-refractivity contribution in [2.75, 3.05) is 18.5 Å². The van der Waals surface area contributed by atoms with Gasteiger partial charge in [-0.3, -0.25) is 9.59 Å². The quantitative estimate of drug-likeness (QED) is 0.558. The minimum atomic E-state index is -1.19. The van der Waals surface area contributed by atoms with Crippen LogP contribution in [0, 0.1) is 0 Å². The van der Waals surface area contributed by atoms with Gasteiger partial charge < -0.3 is 21.5 Å².